The van der Waals surface area contributed by atoms with Crippen molar-refractivity contribution in [2.24, 2.45) is 0 Å². The minimum atomic E-state index is -0.171. The van der Waals surface area contributed by atoms with Crippen molar-refractivity contribution in [3.05, 3.63) is 42.0 Å². The third-order valence-electron chi connectivity index (χ3n) is 2.19. The van der Waals surface area contributed by atoms with E-state index in [2.05, 4.69) is 4.98 Å². The lowest BCUT2D eigenvalue weighted by atomic mass is 10.0. The smallest absolute Gasteiger partial charge is 0.124 e. The van der Waals surface area contributed by atoms with Crippen LogP contribution in [0.3, 0.4) is 0 Å². The Hall–Kier alpha value is -1.44. The summed E-state index contributed by atoms with van der Waals surface area (Å²) in [6.07, 6.45) is 4.30. The highest BCUT2D eigenvalue weighted by Gasteiger charge is 2.01. The zero-order chi connectivity index (χ0) is 9.26. The summed E-state index contributed by atoms with van der Waals surface area (Å²) in [6.45, 7) is 2.02. The van der Waals surface area contributed by atoms with Gasteiger partial charge < -0.3 is 0 Å². The van der Waals surface area contributed by atoms with Gasteiger partial charge in [0.1, 0.15) is 5.82 Å². The molecule has 0 aliphatic rings. The first kappa shape index (κ1) is 8.17. The second-order valence-electron chi connectivity index (χ2n) is 3.02. The molecule has 0 amide bonds. The molecular weight excluding hydrogens is 165 g/mol. The zero-order valence-corrected chi connectivity index (χ0v) is 7.42. The van der Waals surface area contributed by atoms with Crippen LogP contribution in [0.25, 0.3) is 10.8 Å². The van der Waals surface area contributed by atoms with Gasteiger partial charge in [-0.2, -0.15) is 0 Å². The highest BCUT2D eigenvalue weighted by Crippen LogP contribution is 2.19. The Labute approximate surface area is 76.2 Å². The van der Waals surface area contributed by atoms with E-state index < -0.39 is 0 Å². The molecule has 66 valence electrons. The lowest BCUT2D eigenvalue weighted by Crippen LogP contribution is -1.87. The molecule has 0 unspecified atom stereocenters. The van der Waals surface area contributed by atoms with Crippen LogP contribution in [0.2, 0.25) is 0 Å². The van der Waals surface area contributed by atoms with Crippen molar-refractivity contribution < 1.29 is 4.39 Å². The maximum absolute atomic E-state index is 13.1. The molecule has 0 atom stereocenters. The van der Waals surface area contributed by atoms with Gasteiger partial charge in [-0.15, -0.1) is 0 Å². The van der Waals surface area contributed by atoms with Gasteiger partial charge in [0.2, 0.25) is 0 Å². The van der Waals surface area contributed by atoms with Gasteiger partial charge in [-0.3, -0.25) is 4.98 Å². The molecule has 0 fully saturated rings. The molecule has 0 saturated heterocycles. The number of pyridine rings is 1. The number of rotatable bonds is 1. The van der Waals surface area contributed by atoms with Gasteiger partial charge >= 0.3 is 0 Å². The van der Waals surface area contributed by atoms with E-state index in [1.54, 1.807) is 18.5 Å². The quantitative estimate of drug-likeness (QED) is 0.649. The fraction of sp³-hybridized carbons (Fsp3) is 0.182. The van der Waals surface area contributed by atoms with Crippen LogP contribution >= 0.6 is 0 Å². The average molecular weight is 175 g/mol. The van der Waals surface area contributed by atoms with Gasteiger partial charge in [-0.25, -0.2) is 4.39 Å². The van der Waals surface area contributed by atoms with E-state index in [1.165, 1.54) is 6.07 Å². The van der Waals surface area contributed by atoms with Gasteiger partial charge in [0.25, 0.3) is 0 Å². The molecule has 2 rings (SSSR count). The van der Waals surface area contributed by atoms with E-state index in [0.717, 1.165) is 22.8 Å². The number of aromatic nitrogens is 1. The van der Waals surface area contributed by atoms with E-state index in [9.17, 15) is 4.39 Å². The molecule has 0 aliphatic carbocycles. The standard InChI is InChI=1S/C11H10FN/c1-2-8-5-10(12)6-9-3-4-13-7-11(8)9/h3-7H,2H2,1H3. The molecule has 0 aliphatic heterocycles. The molecular formula is C11H10FN. The monoisotopic (exact) mass is 175 g/mol. The van der Waals surface area contributed by atoms with E-state index >= 15 is 0 Å². The maximum atomic E-state index is 13.1. The Bertz CT molecular complexity index is 437. The summed E-state index contributed by atoms with van der Waals surface area (Å²) in [6, 6.07) is 4.94. The van der Waals surface area contributed by atoms with Crippen LogP contribution in [0.5, 0.6) is 0 Å². The molecule has 1 aromatic heterocycles. The molecule has 1 nitrogen and oxygen atoms in total. The molecule has 0 saturated carbocycles. The van der Waals surface area contributed by atoms with Crippen LogP contribution in [0.1, 0.15) is 12.5 Å². The molecule has 0 N–H and O–H groups in total. The highest BCUT2D eigenvalue weighted by atomic mass is 19.1. The molecule has 1 heterocycles. The van der Waals surface area contributed by atoms with Gasteiger partial charge in [-0.1, -0.05) is 6.92 Å². The summed E-state index contributed by atoms with van der Waals surface area (Å²) in [5.41, 5.74) is 1.02. The van der Waals surface area contributed by atoms with Crippen LogP contribution < -0.4 is 0 Å². The molecule has 2 aromatic rings. The zero-order valence-electron chi connectivity index (χ0n) is 7.42. The molecule has 2 heteroatoms. The summed E-state index contributed by atoms with van der Waals surface area (Å²) in [5, 5.41) is 1.97. The number of fused-ring (bicyclic) bond motifs is 1. The maximum Gasteiger partial charge on any atom is 0.124 e. The number of aryl methyl sites for hydroxylation is 1. The second kappa shape index (κ2) is 3.13. The first-order chi connectivity index (χ1) is 6.31. The van der Waals surface area contributed by atoms with Gasteiger partial charge in [-0.05, 0) is 35.6 Å². The predicted molar refractivity (Wildman–Crippen MR) is 51.1 cm³/mol. The van der Waals surface area contributed by atoms with Crippen molar-refractivity contribution in [2.75, 3.05) is 0 Å². The Morgan fingerprint density at radius 2 is 2.23 bits per heavy atom. The van der Waals surface area contributed by atoms with Gasteiger partial charge in [0.15, 0.2) is 0 Å². The summed E-state index contributed by atoms with van der Waals surface area (Å²) < 4.78 is 13.1. The number of nitrogens with zero attached hydrogens (tertiary/aromatic N) is 1. The van der Waals surface area contributed by atoms with E-state index in [4.69, 9.17) is 0 Å². The number of hydrogen-bond donors (Lipinski definition) is 0. The van der Waals surface area contributed by atoms with Crippen molar-refractivity contribution >= 4 is 10.8 Å². The number of benzene rings is 1. The van der Waals surface area contributed by atoms with Crippen molar-refractivity contribution in [3.8, 4) is 0 Å². The topological polar surface area (TPSA) is 12.9 Å². The molecule has 0 bridgehead atoms. The molecule has 0 radical (unpaired) electrons. The molecule has 1 aromatic carbocycles. The minimum Gasteiger partial charge on any atom is -0.264 e. The Balaban J connectivity index is 2.81. The summed E-state index contributed by atoms with van der Waals surface area (Å²) in [4.78, 5) is 4.03. The SMILES string of the molecule is CCc1cc(F)cc2ccncc12. The molecule has 0 spiro atoms. The number of hydrogen-bond acceptors (Lipinski definition) is 1. The van der Waals surface area contributed by atoms with Crippen molar-refractivity contribution in [1.29, 1.82) is 0 Å². The summed E-state index contributed by atoms with van der Waals surface area (Å²) in [7, 11) is 0. The Morgan fingerprint density at radius 3 is 3.00 bits per heavy atom. The molecule has 13 heavy (non-hydrogen) atoms. The van der Waals surface area contributed by atoms with Crippen LogP contribution in [0, 0.1) is 5.82 Å². The predicted octanol–water partition coefficient (Wildman–Crippen LogP) is 2.94. The van der Waals surface area contributed by atoms with Crippen molar-refractivity contribution in [3.63, 3.8) is 0 Å². The van der Waals surface area contributed by atoms with Crippen molar-refractivity contribution in [1.82, 2.24) is 4.98 Å². The summed E-state index contributed by atoms with van der Waals surface area (Å²) >= 11 is 0. The van der Waals surface area contributed by atoms with Crippen LogP contribution in [0.15, 0.2) is 30.6 Å². The van der Waals surface area contributed by atoms with Gasteiger partial charge in [0, 0.05) is 17.8 Å². The van der Waals surface area contributed by atoms with E-state index in [0.29, 0.717) is 0 Å². The lowest BCUT2D eigenvalue weighted by molar-refractivity contribution is 0.628. The average Bonchev–Trinajstić information content (AvgIpc) is 2.16. The lowest BCUT2D eigenvalue weighted by Gasteiger charge is -2.03. The van der Waals surface area contributed by atoms with Crippen LogP contribution in [0.4, 0.5) is 4.39 Å². The second-order valence-corrected chi connectivity index (χ2v) is 3.02. The third-order valence-corrected chi connectivity index (χ3v) is 2.19. The summed E-state index contributed by atoms with van der Waals surface area (Å²) in [5.74, 6) is -0.171. The number of halogens is 1. The van der Waals surface area contributed by atoms with Crippen LogP contribution in [-0.4, -0.2) is 4.98 Å². The van der Waals surface area contributed by atoms with E-state index in [-0.39, 0.29) is 5.82 Å². The largest absolute Gasteiger partial charge is 0.264 e. The van der Waals surface area contributed by atoms with Crippen molar-refractivity contribution in [2.45, 2.75) is 13.3 Å². The Kier molecular flexibility index (Phi) is 1.97. The fourth-order valence-corrected chi connectivity index (χ4v) is 1.53. The fourth-order valence-electron chi connectivity index (χ4n) is 1.53. The van der Waals surface area contributed by atoms with Crippen LogP contribution in [-0.2, 0) is 6.42 Å². The third kappa shape index (κ3) is 1.39. The first-order valence-corrected chi connectivity index (χ1v) is 4.33. The van der Waals surface area contributed by atoms with Gasteiger partial charge in [0.05, 0.1) is 0 Å². The first-order valence-electron chi connectivity index (χ1n) is 4.33. The normalized spacial score (nSPS) is 10.6. The highest BCUT2D eigenvalue weighted by molar-refractivity contribution is 5.84. The minimum absolute atomic E-state index is 0.171. The Morgan fingerprint density at radius 1 is 1.38 bits per heavy atom. The van der Waals surface area contributed by atoms with E-state index in [1.807, 2.05) is 13.0 Å².